The average Bonchev–Trinajstić information content (AvgIpc) is 3.00. The number of thioether (sulfide) groups is 1. The minimum atomic E-state index is -0.328. The number of rotatable bonds is 6. The Kier molecular flexibility index (Phi) is 5.64. The Hall–Kier alpha value is -2.31. The summed E-state index contributed by atoms with van der Waals surface area (Å²) in [6.45, 7) is 4.10. The van der Waals surface area contributed by atoms with Gasteiger partial charge in [0.05, 0.1) is 5.69 Å². The second-order valence-electron chi connectivity index (χ2n) is 6.01. The summed E-state index contributed by atoms with van der Waals surface area (Å²) in [6, 6.07) is 13.8. The topological polar surface area (TPSA) is 73.8 Å². The van der Waals surface area contributed by atoms with Crippen LogP contribution in [-0.4, -0.2) is 26.4 Å². The number of hydrogen-bond acceptors (Lipinski definition) is 4. The molecule has 7 heteroatoms. The van der Waals surface area contributed by atoms with Crippen LogP contribution in [0.25, 0.3) is 17.1 Å². The van der Waals surface area contributed by atoms with E-state index in [1.807, 2.05) is 42.7 Å². The van der Waals surface area contributed by atoms with Gasteiger partial charge < -0.3 is 5.73 Å². The summed E-state index contributed by atoms with van der Waals surface area (Å²) in [5.74, 6) is 0.932. The molecule has 0 aliphatic rings. The van der Waals surface area contributed by atoms with Gasteiger partial charge in [0, 0.05) is 22.8 Å². The maximum absolute atomic E-state index is 11.1. The first-order chi connectivity index (χ1) is 12.5. The lowest BCUT2D eigenvalue weighted by atomic mass is 10.1. The molecule has 1 heterocycles. The van der Waals surface area contributed by atoms with E-state index in [1.165, 1.54) is 11.8 Å². The van der Waals surface area contributed by atoms with E-state index in [-0.39, 0.29) is 12.3 Å². The van der Waals surface area contributed by atoms with Crippen LogP contribution >= 0.6 is 23.4 Å². The first-order valence-corrected chi connectivity index (χ1v) is 9.52. The second-order valence-corrected chi connectivity index (χ2v) is 7.51. The zero-order chi connectivity index (χ0) is 18.7. The predicted molar refractivity (Wildman–Crippen MR) is 106 cm³/mol. The lowest BCUT2D eigenvalue weighted by Gasteiger charge is -2.14. The molecule has 0 saturated heterocycles. The van der Waals surface area contributed by atoms with Gasteiger partial charge in [-0.15, -0.1) is 10.2 Å². The molecular weight excluding hydrogens is 368 g/mol. The van der Waals surface area contributed by atoms with Crippen molar-refractivity contribution >= 4 is 29.3 Å². The van der Waals surface area contributed by atoms with Crippen molar-refractivity contribution in [2.24, 2.45) is 5.73 Å². The van der Waals surface area contributed by atoms with E-state index in [2.05, 4.69) is 28.4 Å². The highest BCUT2D eigenvalue weighted by molar-refractivity contribution is 7.99. The van der Waals surface area contributed by atoms with Crippen molar-refractivity contribution in [1.82, 2.24) is 14.8 Å². The molecule has 26 heavy (non-hydrogen) atoms. The first-order valence-electron chi connectivity index (χ1n) is 8.16. The Balaban J connectivity index is 2.12. The Morgan fingerprint density at radius 3 is 2.73 bits per heavy atom. The number of hydrogen-bond donors (Lipinski definition) is 1. The number of amides is 1. The number of benzene rings is 2. The number of nitrogens with two attached hydrogens (primary N) is 1. The van der Waals surface area contributed by atoms with E-state index < -0.39 is 0 Å². The molecule has 0 atom stereocenters. The van der Waals surface area contributed by atoms with Crippen LogP contribution in [0.15, 0.2) is 47.6 Å². The fourth-order valence-corrected chi connectivity index (χ4v) is 3.69. The Labute approximate surface area is 161 Å². The number of aromatic nitrogens is 3. The lowest BCUT2D eigenvalue weighted by molar-refractivity contribution is -0.117. The third-order valence-electron chi connectivity index (χ3n) is 3.90. The van der Waals surface area contributed by atoms with E-state index in [4.69, 9.17) is 17.3 Å². The second kappa shape index (κ2) is 7.93. The highest BCUT2D eigenvalue weighted by Crippen LogP contribution is 2.31. The van der Waals surface area contributed by atoms with E-state index >= 15 is 0 Å². The molecule has 5 nitrogen and oxygen atoms in total. The van der Waals surface area contributed by atoms with Crippen LogP contribution in [0.4, 0.5) is 0 Å². The summed E-state index contributed by atoms with van der Waals surface area (Å²) < 4.78 is 2.01. The van der Waals surface area contributed by atoms with E-state index in [1.54, 1.807) is 0 Å². The fraction of sp³-hybridized carbons (Fsp3) is 0.211. The van der Waals surface area contributed by atoms with Crippen molar-refractivity contribution in [3.63, 3.8) is 0 Å². The van der Waals surface area contributed by atoms with Crippen LogP contribution in [0.5, 0.6) is 0 Å². The van der Waals surface area contributed by atoms with Crippen LogP contribution in [0.2, 0.25) is 5.02 Å². The minimum Gasteiger partial charge on any atom is -0.370 e. The van der Waals surface area contributed by atoms with Gasteiger partial charge in [0.2, 0.25) is 5.91 Å². The van der Waals surface area contributed by atoms with E-state index in [9.17, 15) is 4.79 Å². The molecule has 0 saturated carbocycles. The predicted octanol–water partition coefficient (Wildman–Crippen LogP) is 4.17. The van der Waals surface area contributed by atoms with Crippen LogP contribution in [0.1, 0.15) is 17.5 Å². The quantitative estimate of drug-likeness (QED) is 0.645. The Morgan fingerprint density at radius 1 is 1.19 bits per heavy atom. The van der Waals surface area contributed by atoms with Crippen molar-refractivity contribution in [1.29, 1.82) is 0 Å². The van der Waals surface area contributed by atoms with Crippen molar-refractivity contribution in [2.45, 2.75) is 25.4 Å². The van der Waals surface area contributed by atoms with Gasteiger partial charge >= 0.3 is 0 Å². The number of nitrogens with zero attached hydrogens (tertiary/aromatic N) is 3. The van der Waals surface area contributed by atoms with Crippen molar-refractivity contribution in [2.75, 3.05) is 5.75 Å². The van der Waals surface area contributed by atoms with E-state index in [0.29, 0.717) is 16.6 Å². The molecule has 3 aromatic rings. The summed E-state index contributed by atoms with van der Waals surface area (Å²) in [7, 11) is 0. The van der Waals surface area contributed by atoms with Crippen LogP contribution in [0, 0.1) is 13.8 Å². The van der Waals surface area contributed by atoms with Gasteiger partial charge in [-0.1, -0.05) is 47.6 Å². The summed E-state index contributed by atoms with van der Waals surface area (Å²) in [5.41, 5.74) is 9.39. The summed E-state index contributed by atoms with van der Waals surface area (Å²) >= 11 is 7.62. The molecule has 1 amide bonds. The molecule has 0 spiro atoms. The van der Waals surface area contributed by atoms with Crippen LogP contribution in [0.3, 0.4) is 0 Å². The number of aryl methyl sites for hydroxylation is 2. The van der Waals surface area contributed by atoms with Crippen LogP contribution < -0.4 is 5.73 Å². The monoisotopic (exact) mass is 386 g/mol. The lowest BCUT2D eigenvalue weighted by Crippen LogP contribution is -2.11. The molecule has 2 aromatic carbocycles. The molecule has 2 N–H and O–H groups in total. The zero-order valence-electron chi connectivity index (χ0n) is 14.6. The van der Waals surface area contributed by atoms with Gasteiger partial charge in [0.1, 0.15) is 0 Å². The summed E-state index contributed by atoms with van der Waals surface area (Å²) in [4.78, 5) is 11.1. The Morgan fingerprint density at radius 2 is 2.00 bits per heavy atom. The van der Waals surface area contributed by atoms with Gasteiger partial charge in [0.25, 0.3) is 0 Å². The molecule has 0 unspecified atom stereocenters. The first kappa shape index (κ1) is 18.5. The molecule has 0 bridgehead atoms. The van der Waals surface area contributed by atoms with Crippen molar-refractivity contribution in [3.8, 4) is 17.1 Å². The summed E-state index contributed by atoms with van der Waals surface area (Å²) in [5, 5.41) is 10.1. The zero-order valence-corrected chi connectivity index (χ0v) is 16.1. The number of carbonyl (C=O) groups is 1. The van der Waals surface area contributed by atoms with Gasteiger partial charge in [-0.2, -0.15) is 0 Å². The van der Waals surface area contributed by atoms with Gasteiger partial charge in [0.15, 0.2) is 11.0 Å². The van der Waals surface area contributed by atoms with Crippen molar-refractivity contribution < 1.29 is 4.79 Å². The molecule has 1 aromatic heterocycles. The van der Waals surface area contributed by atoms with Gasteiger partial charge in [-0.25, -0.2) is 0 Å². The molecule has 0 fully saturated rings. The largest absolute Gasteiger partial charge is 0.370 e. The molecule has 0 aliphatic heterocycles. The van der Waals surface area contributed by atoms with Crippen molar-refractivity contribution in [3.05, 3.63) is 58.6 Å². The number of primary amides is 1. The highest BCUT2D eigenvalue weighted by Gasteiger charge is 2.18. The molecular formula is C19H19ClN4OS. The third-order valence-corrected chi connectivity index (χ3v) is 5.07. The summed E-state index contributed by atoms with van der Waals surface area (Å²) in [6.07, 6.45) is 0.289. The maximum atomic E-state index is 11.1. The third kappa shape index (κ3) is 4.08. The number of halogens is 1. The molecule has 134 valence electrons. The van der Waals surface area contributed by atoms with Gasteiger partial charge in [-0.05, 0) is 43.2 Å². The highest BCUT2D eigenvalue weighted by atomic mass is 35.5. The number of carbonyl (C=O) groups excluding carboxylic acids is 1. The smallest absolute Gasteiger partial charge is 0.218 e. The SMILES string of the molecule is Cc1ccc(C)c(-n2c(SCCC(N)=O)nnc2-c2cccc(Cl)c2)c1. The van der Waals surface area contributed by atoms with E-state index in [0.717, 1.165) is 27.5 Å². The molecule has 0 aliphatic carbocycles. The minimum absolute atomic E-state index is 0.289. The fourth-order valence-electron chi connectivity index (χ4n) is 2.60. The normalized spacial score (nSPS) is 10.9. The standard InChI is InChI=1S/C19H19ClN4OS/c1-12-6-7-13(2)16(10-12)24-18(14-4-3-5-15(20)11-14)22-23-19(24)26-9-8-17(21)25/h3-7,10-11H,8-9H2,1-2H3,(H2,21,25). The van der Waals surface area contributed by atoms with Crippen LogP contribution in [-0.2, 0) is 4.79 Å². The Bertz CT molecular complexity index is 954. The average molecular weight is 387 g/mol. The maximum Gasteiger partial charge on any atom is 0.218 e. The van der Waals surface area contributed by atoms with Gasteiger partial charge in [-0.3, -0.25) is 9.36 Å². The molecule has 3 rings (SSSR count). The molecule has 0 radical (unpaired) electrons.